The van der Waals surface area contributed by atoms with Crippen molar-refractivity contribution in [3.63, 3.8) is 0 Å². The average Bonchev–Trinajstić information content (AvgIpc) is 2.73. The number of nitrogens with zero attached hydrogens (tertiary/aromatic N) is 2. The summed E-state index contributed by atoms with van der Waals surface area (Å²) < 4.78 is 6.87. The monoisotopic (exact) mass is 232 g/mol. The number of rotatable bonds is 4. The highest BCUT2D eigenvalue weighted by molar-refractivity contribution is 5.68. The predicted molar refractivity (Wildman–Crippen MR) is 67.9 cm³/mol. The standard InChI is InChI=1S/C12H16N4O/c1-16-8-9(7-15-16)6-14-12-4-3-10(17-2)5-11(12)13/h3-5,7-8,14H,6,13H2,1-2H3. The molecule has 0 spiro atoms. The van der Waals surface area contributed by atoms with Crippen LogP contribution in [0.1, 0.15) is 5.56 Å². The van der Waals surface area contributed by atoms with Gasteiger partial charge < -0.3 is 15.8 Å². The van der Waals surface area contributed by atoms with Crippen LogP contribution in [0, 0.1) is 0 Å². The number of hydrogen-bond donors (Lipinski definition) is 2. The molecule has 0 bridgehead atoms. The number of aromatic nitrogens is 2. The first kappa shape index (κ1) is 11.3. The van der Waals surface area contributed by atoms with Crippen molar-refractivity contribution >= 4 is 11.4 Å². The Balaban J connectivity index is 2.04. The lowest BCUT2D eigenvalue weighted by Crippen LogP contribution is -2.02. The molecule has 0 aliphatic heterocycles. The zero-order valence-corrected chi connectivity index (χ0v) is 9.97. The van der Waals surface area contributed by atoms with Gasteiger partial charge in [0.2, 0.25) is 0 Å². The largest absolute Gasteiger partial charge is 0.497 e. The van der Waals surface area contributed by atoms with Gasteiger partial charge in [-0.15, -0.1) is 0 Å². The van der Waals surface area contributed by atoms with E-state index in [0.29, 0.717) is 12.2 Å². The van der Waals surface area contributed by atoms with E-state index >= 15 is 0 Å². The third-order valence-electron chi connectivity index (χ3n) is 2.50. The van der Waals surface area contributed by atoms with Crippen LogP contribution < -0.4 is 15.8 Å². The molecule has 0 saturated carbocycles. The molecule has 0 aliphatic carbocycles. The molecule has 0 radical (unpaired) electrons. The van der Waals surface area contributed by atoms with E-state index in [1.54, 1.807) is 17.9 Å². The van der Waals surface area contributed by atoms with Crippen molar-refractivity contribution in [1.82, 2.24) is 9.78 Å². The Morgan fingerprint density at radius 3 is 2.88 bits per heavy atom. The van der Waals surface area contributed by atoms with Crippen LogP contribution in [-0.4, -0.2) is 16.9 Å². The molecular formula is C12H16N4O. The van der Waals surface area contributed by atoms with E-state index < -0.39 is 0 Å². The van der Waals surface area contributed by atoms with Crippen LogP contribution in [-0.2, 0) is 13.6 Å². The van der Waals surface area contributed by atoms with Gasteiger partial charge in [-0.2, -0.15) is 5.10 Å². The summed E-state index contributed by atoms with van der Waals surface area (Å²) in [6.07, 6.45) is 3.79. The molecular weight excluding hydrogens is 216 g/mol. The van der Waals surface area contributed by atoms with Gasteiger partial charge in [0, 0.05) is 31.4 Å². The maximum Gasteiger partial charge on any atom is 0.121 e. The normalized spacial score (nSPS) is 10.2. The fourth-order valence-corrected chi connectivity index (χ4v) is 1.59. The zero-order valence-electron chi connectivity index (χ0n) is 9.97. The van der Waals surface area contributed by atoms with Gasteiger partial charge in [-0.1, -0.05) is 0 Å². The summed E-state index contributed by atoms with van der Waals surface area (Å²) in [6, 6.07) is 5.58. The van der Waals surface area contributed by atoms with Gasteiger partial charge in [0.05, 0.1) is 24.7 Å². The molecule has 0 saturated heterocycles. The molecule has 5 heteroatoms. The summed E-state index contributed by atoms with van der Waals surface area (Å²) in [7, 11) is 3.52. The van der Waals surface area contributed by atoms with Crippen molar-refractivity contribution in [3.8, 4) is 5.75 Å². The van der Waals surface area contributed by atoms with Crippen LogP contribution in [0.2, 0.25) is 0 Å². The summed E-state index contributed by atoms with van der Waals surface area (Å²) >= 11 is 0. The molecule has 90 valence electrons. The van der Waals surface area contributed by atoms with Gasteiger partial charge in [-0.3, -0.25) is 4.68 Å². The Bertz CT molecular complexity index is 507. The zero-order chi connectivity index (χ0) is 12.3. The first-order chi connectivity index (χ1) is 8.19. The molecule has 5 nitrogen and oxygen atoms in total. The number of benzene rings is 1. The van der Waals surface area contributed by atoms with E-state index in [4.69, 9.17) is 10.5 Å². The first-order valence-electron chi connectivity index (χ1n) is 5.34. The molecule has 0 fully saturated rings. The fourth-order valence-electron chi connectivity index (χ4n) is 1.59. The SMILES string of the molecule is COc1ccc(NCc2cnn(C)c2)c(N)c1. The third-order valence-corrected chi connectivity index (χ3v) is 2.50. The molecule has 3 N–H and O–H groups in total. The lowest BCUT2D eigenvalue weighted by Gasteiger charge is -2.09. The maximum absolute atomic E-state index is 5.90. The maximum atomic E-state index is 5.90. The van der Waals surface area contributed by atoms with Gasteiger partial charge in [-0.05, 0) is 12.1 Å². The number of nitrogen functional groups attached to an aromatic ring is 1. The lowest BCUT2D eigenvalue weighted by molar-refractivity contribution is 0.415. The minimum Gasteiger partial charge on any atom is -0.497 e. The van der Waals surface area contributed by atoms with Gasteiger partial charge in [-0.25, -0.2) is 0 Å². The van der Waals surface area contributed by atoms with Gasteiger partial charge in [0.1, 0.15) is 5.75 Å². The number of anilines is 2. The molecule has 0 aliphatic rings. The van der Waals surface area contributed by atoms with Gasteiger partial charge in [0.15, 0.2) is 0 Å². The van der Waals surface area contributed by atoms with Crippen LogP contribution in [0.4, 0.5) is 11.4 Å². The first-order valence-corrected chi connectivity index (χ1v) is 5.34. The van der Waals surface area contributed by atoms with Crippen molar-refractivity contribution < 1.29 is 4.74 Å². The number of methoxy groups -OCH3 is 1. The van der Waals surface area contributed by atoms with Crippen molar-refractivity contribution in [3.05, 3.63) is 36.2 Å². The summed E-state index contributed by atoms with van der Waals surface area (Å²) in [6.45, 7) is 0.699. The lowest BCUT2D eigenvalue weighted by atomic mass is 10.2. The number of hydrogen-bond acceptors (Lipinski definition) is 4. The molecule has 2 rings (SSSR count). The molecule has 1 aromatic heterocycles. The highest BCUT2D eigenvalue weighted by Gasteiger charge is 2.01. The number of nitrogens with one attached hydrogen (secondary N) is 1. The van der Waals surface area contributed by atoms with E-state index in [0.717, 1.165) is 17.0 Å². The minimum atomic E-state index is 0.674. The smallest absolute Gasteiger partial charge is 0.121 e. The number of aryl methyl sites for hydroxylation is 1. The van der Waals surface area contributed by atoms with Crippen molar-refractivity contribution in [2.75, 3.05) is 18.2 Å². The minimum absolute atomic E-state index is 0.674. The number of ether oxygens (including phenoxy) is 1. The predicted octanol–water partition coefficient (Wildman–Crippen LogP) is 1.62. The molecule has 1 aromatic carbocycles. The van der Waals surface area contributed by atoms with Gasteiger partial charge in [0.25, 0.3) is 0 Å². The Kier molecular flexibility index (Phi) is 3.18. The summed E-state index contributed by atoms with van der Waals surface area (Å²) in [5, 5.41) is 7.36. The summed E-state index contributed by atoms with van der Waals surface area (Å²) in [5.74, 6) is 0.759. The Morgan fingerprint density at radius 1 is 1.47 bits per heavy atom. The Morgan fingerprint density at radius 2 is 2.29 bits per heavy atom. The van der Waals surface area contributed by atoms with E-state index in [9.17, 15) is 0 Å². The second-order valence-electron chi connectivity index (χ2n) is 3.83. The highest BCUT2D eigenvalue weighted by atomic mass is 16.5. The van der Waals surface area contributed by atoms with Crippen LogP contribution in [0.25, 0.3) is 0 Å². The second-order valence-corrected chi connectivity index (χ2v) is 3.83. The molecule has 2 aromatic rings. The van der Waals surface area contributed by atoms with Crippen LogP contribution in [0.3, 0.4) is 0 Å². The van der Waals surface area contributed by atoms with Crippen molar-refractivity contribution in [1.29, 1.82) is 0 Å². The van der Waals surface area contributed by atoms with E-state index in [2.05, 4.69) is 10.4 Å². The fraction of sp³-hybridized carbons (Fsp3) is 0.250. The topological polar surface area (TPSA) is 65.1 Å². The van der Waals surface area contributed by atoms with Crippen molar-refractivity contribution in [2.24, 2.45) is 7.05 Å². The average molecular weight is 232 g/mol. The summed E-state index contributed by atoms with van der Waals surface area (Å²) in [5.41, 5.74) is 8.59. The third kappa shape index (κ3) is 2.69. The van der Waals surface area contributed by atoms with E-state index in [1.807, 2.05) is 31.6 Å². The molecule has 17 heavy (non-hydrogen) atoms. The molecule has 0 unspecified atom stereocenters. The van der Waals surface area contributed by atoms with Gasteiger partial charge >= 0.3 is 0 Å². The van der Waals surface area contributed by atoms with Crippen LogP contribution >= 0.6 is 0 Å². The molecule has 1 heterocycles. The van der Waals surface area contributed by atoms with Crippen LogP contribution in [0.15, 0.2) is 30.6 Å². The molecule has 0 atom stereocenters. The number of nitrogens with two attached hydrogens (primary N) is 1. The van der Waals surface area contributed by atoms with E-state index in [1.165, 1.54) is 0 Å². The quantitative estimate of drug-likeness (QED) is 0.786. The Hall–Kier alpha value is -2.17. The second kappa shape index (κ2) is 4.78. The van der Waals surface area contributed by atoms with Crippen molar-refractivity contribution in [2.45, 2.75) is 6.54 Å². The Labute approximate surface area is 100 Å². The summed E-state index contributed by atoms with van der Waals surface area (Å²) in [4.78, 5) is 0. The molecule has 0 amide bonds. The van der Waals surface area contributed by atoms with E-state index in [-0.39, 0.29) is 0 Å². The highest BCUT2D eigenvalue weighted by Crippen LogP contribution is 2.24. The van der Waals surface area contributed by atoms with Crippen LogP contribution in [0.5, 0.6) is 5.75 Å².